The number of nitrogens with zero attached hydrogens (tertiary/aromatic N) is 8. The number of hydrogen-bond donors (Lipinski definition) is 11. The molecule has 2 heterocycles. The number of imide groups is 2. The van der Waals surface area contributed by atoms with Crippen molar-refractivity contribution in [3.8, 4) is 0 Å². The number of hydrogen-bond acceptors (Lipinski definition) is 24. The molecule has 544 valence electrons. The largest absolute Gasteiger partial charge is 3.00 e. The Hall–Kier alpha value is -8.98. The number of carboxylic acids is 8. The molecule has 0 saturated heterocycles. The van der Waals surface area contributed by atoms with Crippen LogP contribution in [-0.2, 0) is 102 Å². The molecule has 0 radical (unpaired) electrons. The number of ketones is 3. The van der Waals surface area contributed by atoms with Crippen molar-refractivity contribution >= 4 is 146 Å². The van der Waals surface area contributed by atoms with E-state index in [1.807, 2.05) is 0 Å². The summed E-state index contributed by atoms with van der Waals surface area (Å²) in [6.07, 6.45) is 4.91. The van der Waals surface area contributed by atoms with Crippen LogP contribution < -0.4 is 5.32 Å². The molecule has 11 N–H and O–H groups in total. The Morgan fingerprint density at radius 2 is 0.686 bits per heavy atom. The van der Waals surface area contributed by atoms with Gasteiger partial charge in [0.2, 0.25) is 5.91 Å². The number of benzene rings is 2. The predicted molar refractivity (Wildman–Crippen MR) is 359 cm³/mol. The molecule has 37 heteroatoms. The predicted octanol–water partition coefficient (Wildman–Crippen LogP) is -2.62. The molecule has 2 atom stereocenters. The summed E-state index contributed by atoms with van der Waals surface area (Å²) in [5, 5.41) is 97.2. The van der Waals surface area contributed by atoms with Crippen molar-refractivity contribution in [2.45, 2.75) is 63.5 Å². The van der Waals surface area contributed by atoms with Crippen LogP contribution in [0, 0.1) is 0 Å². The molecule has 2 aliphatic rings. The van der Waals surface area contributed by atoms with Gasteiger partial charge >= 0.3 is 99.4 Å². The second-order valence-corrected chi connectivity index (χ2v) is 23.4. The van der Waals surface area contributed by atoms with E-state index >= 15 is 0 Å². The average Bonchev–Trinajstić information content (AvgIpc) is 0.877. The monoisotopic (exact) mass is 1630 g/mol. The maximum atomic E-state index is 12.6. The maximum absolute atomic E-state index is 12.6. The number of carbonyl (C=O) groups is 16. The van der Waals surface area contributed by atoms with Gasteiger partial charge in [0.05, 0.1) is 90.1 Å². The quantitative estimate of drug-likeness (QED) is 0.0239. The molecule has 102 heavy (non-hydrogen) atoms. The average molecular weight is 1630 g/mol. The van der Waals surface area contributed by atoms with Gasteiger partial charge in [0.1, 0.15) is 5.78 Å². The Morgan fingerprint density at radius 1 is 0.382 bits per heavy atom. The number of rotatable bonds is 51. The van der Waals surface area contributed by atoms with E-state index in [1.54, 1.807) is 48.5 Å². The van der Waals surface area contributed by atoms with Gasteiger partial charge in [0.25, 0.3) is 23.6 Å². The van der Waals surface area contributed by atoms with E-state index in [0.717, 1.165) is 43.9 Å². The van der Waals surface area contributed by atoms with Crippen molar-refractivity contribution in [3.05, 3.63) is 120 Å². The van der Waals surface area contributed by atoms with Gasteiger partial charge in [0.15, 0.2) is 11.6 Å². The normalized spacial score (nSPS) is 13.0. The Kier molecular flexibility index (Phi) is 42.2. The van der Waals surface area contributed by atoms with Gasteiger partial charge in [-0.3, -0.25) is 116 Å². The fourth-order valence-electron chi connectivity index (χ4n) is 10.5. The van der Waals surface area contributed by atoms with Crippen molar-refractivity contribution in [1.82, 2.24) is 44.5 Å². The van der Waals surface area contributed by atoms with E-state index in [4.69, 9.17) is 20.4 Å². The van der Waals surface area contributed by atoms with Gasteiger partial charge in [-0.2, -0.15) is 0 Å². The van der Waals surface area contributed by atoms with Crippen molar-refractivity contribution in [1.29, 1.82) is 0 Å². The summed E-state index contributed by atoms with van der Waals surface area (Å²) in [6, 6.07) is 12.1. The van der Waals surface area contributed by atoms with Crippen molar-refractivity contribution in [2.75, 3.05) is 124 Å². The Morgan fingerprint density at radius 3 is 1.03 bits per heavy atom. The molecular formula is C65H83In2N9O26+6. The molecule has 2 aliphatic heterocycles. The summed E-state index contributed by atoms with van der Waals surface area (Å²) in [6.45, 7) is 0.570. The van der Waals surface area contributed by atoms with Crippen LogP contribution in [0.3, 0.4) is 0 Å². The van der Waals surface area contributed by atoms with Crippen LogP contribution in [0.2, 0.25) is 0 Å². The molecule has 0 saturated carbocycles. The minimum Gasteiger partial charge on any atom is -0.512 e. The fraction of sp³-hybridized carbons (Fsp3) is 0.446. The Bertz CT molecular complexity index is 3300. The van der Waals surface area contributed by atoms with Crippen LogP contribution in [0.1, 0.15) is 47.9 Å². The molecule has 0 fully saturated rings. The maximum Gasteiger partial charge on any atom is 3.00 e. The number of Topliss-reactive ketones (excluding diaryl/α,β-unsaturated/α-hetero) is 3. The van der Waals surface area contributed by atoms with Crippen molar-refractivity contribution < 1.29 is 128 Å². The van der Waals surface area contributed by atoms with Gasteiger partial charge in [-0.05, 0) is 41.5 Å². The van der Waals surface area contributed by atoms with Gasteiger partial charge in [-0.15, -0.1) is 0 Å². The SMILES string of the molecule is C=C(O)CN(CC(=O)O)[C@H](Cc1ccc(CC(=O)CCCC(=O)CN2C(=O)C=CC2=O)cc1)CN(CCN(CC(=O)O)CC(=O)O)CC(=O)O.C=C(O)CN(CC(=O)O)[C@H](Cc1ccc(CC(=O)CNC(=O)CCN2C(=O)C=CC2=O)cc1)CN(CCN(CC(=O)O)CC(=O)O)CC(=O)O.[113In+3].[113In+3]. The molecule has 35 nitrogen and oxygen atoms in total. The van der Waals surface area contributed by atoms with Crippen LogP contribution in [0.25, 0.3) is 0 Å². The summed E-state index contributed by atoms with van der Waals surface area (Å²) < 4.78 is 0. The second-order valence-electron chi connectivity index (χ2n) is 23.4. The zero-order valence-corrected chi connectivity index (χ0v) is 62.4. The molecule has 4 rings (SSSR count). The fourth-order valence-corrected chi connectivity index (χ4v) is 10.5. The Balaban J connectivity index is 0.00000100. The topological polar surface area (TPSA) is 513 Å². The van der Waals surface area contributed by atoms with E-state index in [0.29, 0.717) is 22.3 Å². The summed E-state index contributed by atoms with van der Waals surface area (Å²) in [4.78, 5) is 197. The number of aliphatic hydroxyl groups is 2. The third kappa shape index (κ3) is 38.2. The van der Waals surface area contributed by atoms with Gasteiger partial charge in [-0.25, -0.2) is 0 Å². The van der Waals surface area contributed by atoms with E-state index in [1.165, 1.54) is 19.6 Å². The molecule has 0 bridgehead atoms. The third-order valence-electron chi connectivity index (χ3n) is 14.9. The number of carboxylic acid groups (broad SMARTS) is 8. The molecule has 0 aromatic heterocycles. The zero-order chi connectivity index (χ0) is 74.8. The first kappa shape index (κ1) is 91.0. The molecular weight excluding hydrogens is 1550 g/mol. The number of amides is 5. The minimum absolute atomic E-state index is 0. The van der Waals surface area contributed by atoms with Crippen LogP contribution in [0.5, 0.6) is 0 Å². The first-order chi connectivity index (χ1) is 47.0. The molecule has 2 aromatic rings. The molecule has 0 spiro atoms. The van der Waals surface area contributed by atoms with Crippen LogP contribution in [0.15, 0.2) is 97.5 Å². The van der Waals surface area contributed by atoms with Gasteiger partial charge in [0, 0.05) is 114 Å². The summed E-state index contributed by atoms with van der Waals surface area (Å²) >= 11 is 0. The van der Waals surface area contributed by atoms with Crippen LogP contribution in [0.4, 0.5) is 0 Å². The molecule has 0 aliphatic carbocycles. The zero-order valence-electron chi connectivity index (χ0n) is 55.8. The standard InChI is InChI=1S/C33H42N4O13.C32H41N5O13.2In/c1-22(38)15-36(21-33(49)50)25(16-34(18-30(43)44)11-12-35(19-31(45)46)20-32(47)48)13-23-5-7-24(8-6-23)14-26(39)3-2-4-27(40)17-37-28(41)9-10-29(37)42;1-21(38)15-36(20-32(49)50)24(16-34(17-29(43)44)10-11-35(18-30(45)46)19-31(47)48)12-22-2-4-23(5-3-22)13-25(39)14-33-26(40)8-9-37-27(41)6-7-28(37)42;;/h5-10,25,38H,1-4,11-21H2,(H,43,44)(H,45,46)(H,47,48)(H,49,50);2-7,24,38H,1,8-20H2,(H,33,40)(H,43,44)(H,45,46)(H,47,48)(H,49,50);;/q;;2*+3/t25-;24-;;/m11../s1/i;;2*1-2. The number of nitrogens with one attached hydrogen (secondary N) is 1. The number of aliphatic carboxylic acids is 8. The summed E-state index contributed by atoms with van der Waals surface area (Å²) in [5.41, 5.74) is 2.61. The first-order valence-electron chi connectivity index (χ1n) is 30.9. The van der Waals surface area contributed by atoms with Crippen LogP contribution in [-0.4, -0.2) is 373 Å². The first-order valence-corrected chi connectivity index (χ1v) is 30.9. The van der Waals surface area contributed by atoms with E-state index in [2.05, 4.69) is 18.5 Å². The Labute approximate surface area is 622 Å². The second kappa shape index (κ2) is 47.3. The molecule has 0 unspecified atom stereocenters. The minimum atomic E-state index is -1.28. The van der Waals surface area contributed by atoms with Crippen molar-refractivity contribution in [3.63, 3.8) is 0 Å². The third-order valence-corrected chi connectivity index (χ3v) is 14.9. The van der Waals surface area contributed by atoms with Crippen molar-refractivity contribution in [2.24, 2.45) is 0 Å². The summed E-state index contributed by atoms with van der Waals surface area (Å²) in [5.74, 6) is -14.2. The summed E-state index contributed by atoms with van der Waals surface area (Å²) in [7, 11) is 0. The van der Waals surface area contributed by atoms with E-state index in [9.17, 15) is 107 Å². The van der Waals surface area contributed by atoms with Gasteiger partial charge in [-0.1, -0.05) is 61.7 Å². The van der Waals surface area contributed by atoms with E-state index < -0.39 is 142 Å². The number of carbonyl (C=O) groups excluding carboxylic acids is 8. The molecule has 2 aromatic carbocycles. The van der Waals surface area contributed by atoms with Crippen LogP contribution >= 0.6 is 0 Å². The van der Waals surface area contributed by atoms with E-state index in [-0.39, 0.29) is 204 Å². The molecule has 5 amide bonds. The van der Waals surface area contributed by atoms with Gasteiger partial charge < -0.3 is 56.4 Å². The number of aliphatic hydroxyl groups excluding tert-OH is 2. The smallest absolute Gasteiger partial charge is 0.512 e.